The molecule has 0 saturated carbocycles. The summed E-state index contributed by atoms with van der Waals surface area (Å²) in [5.74, 6) is 0.114. The molecule has 11 heteroatoms. The number of aromatic nitrogens is 5. The quantitative estimate of drug-likeness (QED) is 0.852. The Morgan fingerprint density at radius 1 is 1.30 bits per heavy atom. The molecule has 0 bridgehead atoms. The van der Waals surface area contributed by atoms with Crippen molar-refractivity contribution in [2.24, 2.45) is 0 Å². The van der Waals surface area contributed by atoms with Gasteiger partial charge in [-0.3, -0.25) is 0 Å². The summed E-state index contributed by atoms with van der Waals surface area (Å²) in [4.78, 5) is 11.6. The van der Waals surface area contributed by atoms with Crippen LogP contribution in [0.25, 0.3) is 5.95 Å². The Labute approximate surface area is 120 Å². The van der Waals surface area contributed by atoms with E-state index in [0.717, 1.165) is 0 Å². The lowest BCUT2D eigenvalue weighted by Gasteiger charge is -2.08. The molecule has 1 N–H and O–H groups in total. The van der Waals surface area contributed by atoms with Gasteiger partial charge in [0.05, 0.1) is 0 Å². The van der Waals surface area contributed by atoms with E-state index in [1.807, 2.05) is 0 Å². The fourth-order valence-electron chi connectivity index (χ4n) is 1.24. The minimum absolute atomic E-state index is 0.0447. The zero-order valence-electron chi connectivity index (χ0n) is 9.80. The molecule has 0 aliphatic carbocycles. The van der Waals surface area contributed by atoms with Crippen LogP contribution in [0.2, 0.25) is 5.28 Å². The van der Waals surface area contributed by atoms with Crippen LogP contribution < -0.4 is 5.32 Å². The Bertz CT molecular complexity index is 561. The second kappa shape index (κ2) is 6.27. The molecule has 0 aliphatic heterocycles. The van der Waals surface area contributed by atoms with Crippen LogP contribution in [0.15, 0.2) is 18.5 Å². The van der Waals surface area contributed by atoms with Gasteiger partial charge in [0.25, 0.3) is 5.95 Å². The van der Waals surface area contributed by atoms with E-state index in [2.05, 4.69) is 25.4 Å². The average Bonchev–Trinajstić information content (AvgIpc) is 2.86. The largest absolute Gasteiger partial charge is 0.441 e. The maximum Gasteiger partial charge on any atom is 0.441 e. The van der Waals surface area contributed by atoms with Crippen molar-refractivity contribution in [3.8, 4) is 5.95 Å². The molecule has 20 heavy (non-hydrogen) atoms. The third-order valence-corrected chi connectivity index (χ3v) is 2.86. The Hall–Kier alpha value is -1.55. The standard InChI is InChI=1S/C9H8ClF3N6S/c10-6-16-7(14-3-5-20-9(11,12)13)18-8(17-6)19-4-1-2-15-19/h1-2,4H,3,5H2,(H,14,16,17,18). The van der Waals surface area contributed by atoms with Gasteiger partial charge in [-0.2, -0.15) is 33.2 Å². The smallest absolute Gasteiger partial charge is 0.353 e. The molecule has 0 aliphatic rings. The number of hydrogen-bond donors (Lipinski definition) is 1. The molecule has 2 heterocycles. The second-order valence-corrected chi connectivity index (χ2v) is 4.90. The summed E-state index contributed by atoms with van der Waals surface area (Å²) < 4.78 is 37.2. The summed E-state index contributed by atoms with van der Waals surface area (Å²) in [5.41, 5.74) is -4.25. The van der Waals surface area contributed by atoms with Crippen LogP contribution in [0.5, 0.6) is 0 Å². The molecule has 0 aromatic carbocycles. The first-order valence-electron chi connectivity index (χ1n) is 5.30. The van der Waals surface area contributed by atoms with Crippen molar-refractivity contribution in [1.29, 1.82) is 0 Å². The molecule has 0 fully saturated rings. The molecule has 108 valence electrons. The van der Waals surface area contributed by atoms with Crippen molar-refractivity contribution in [3.05, 3.63) is 23.7 Å². The van der Waals surface area contributed by atoms with E-state index in [1.54, 1.807) is 12.3 Å². The van der Waals surface area contributed by atoms with Gasteiger partial charge in [-0.25, -0.2) is 4.68 Å². The lowest BCUT2D eigenvalue weighted by Crippen LogP contribution is -2.13. The first-order chi connectivity index (χ1) is 9.44. The molecular formula is C9H8ClF3N6S. The Balaban J connectivity index is 1.98. The van der Waals surface area contributed by atoms with Crippen LogP contribution in [0, 0.1) is 0 Å². The molecule has 2 aromatic heterocycles. The van der Waals surface area contributed by atoms with Gasteiger partial charge in [0, 0.05) is 24.7 Å². The van der Waals surface area contributed by atoms with Gasteiger partial charge in [-0.1, -0.05) is 0 Å². The van der Waals surface area contributed by atoms with Crippen LogP contribution in [-0.2, 0) is 0 Å². The van der Waals surface area contributed by atoms with Crippen molar-refractivity contribution >= 4 is 29.3 Å². The van der Waals surface area contributed by atoms with Gasteiger partial charge in [-0.05, 0) is 29.4 Å². The van der Waals surface area contributed by atoms with Crippen molar-refractivity contribution in [2.75, 3.05) is 17.6 Å². The summed E-state index contributed by atoms with van der Waals surface area (Å²) in [6.07, 6.45) is 3.14. The summed E-state index contributed by atoms with van der Waals surface area (Å²) in [7, 11) is 0. The highest BCUT2D eigenvalue weighted by Crippen LogP contribution is 2.29. The normalized spacial score (nSPS) is 11.6. The molecule has 0 radical (unpaired) electrons. The van der Waals surface area contributed by atoms with E-state index in [4.69, 9.17) is 11.6 Å². The Kier molecular flexibility index (Phi) is 4.65. The third kappa shape index (κ3) is 4.53. The highest BCUT2D eigenvalue weighted by Gasteiger charge is 2.27. The zero-order chi connectivity index (χ0) is 14.6. The average molecular weight is 325 g/mol. The van der Waals surface area contributed by atoms with Gasteiger partial charge < -0.3 is 5.32 Å². The lowest BCUT2D eigenvalue weighted by molar-refractivity contribution is -0.0327. The minimum atomic E-state index is -4.25. The molecule has 2 rings (SSSR count). The van der Waals surface area contributed by atoms with Gasteiger partial charge in [-0.15, -0.1) is 0 Å². The highest BCUT2D eigenvalue weighted by molar-refractivity contribution is 8.00. The number of alkyl halides is 3. The summed E-state index contributed by atoms with van der Waals surface area (Å²) >= 11 is 5.60. The van der Waals surface area contributed by atoms with Crippen LogP contribution in [0.1, 0.15) is 0 Å². The zero-order valence-corrected chi connectivity index (χ0v) is 11.4. The maximum absolute atomic E-state index is 12.0. The Morgan fingerprint density at radius 3 is 2.75 bits per heavy atom. The van der Waals surface area contributed by atoms with Crippen LogP contribution in [0.3, 0.4) is 0 Å². The van der Waals surface area contributed by atoms with E-state index in [1.165, 1.54) is 10.9 Å². The monoisotopic (exact) mass is 324 g/mol. The van der Waals surface area contributed by atoms with E-state index >= 15 is 0 Å². The molecule has 2 aromatic rings. The predicted molar refractivity (Wildman–Crippen MR) is 69.0 cm³/mol. The van der Waals surface area contributed by atoms with Gasteiger partial charge in [0.15, 0.2) is 0 Å². The summed E-state index contributed by atoms with van der Waals surface area (Å²) in [5, 5.41) is 6.50. The SMILES string of the molecule is FC(F)(F)SCCNc1nc(Cl)nc(-n2cccn2)n1. The third-order valence-electron chi connectivity index (χ3n) is 1.96. The van der Waals surface area contributed by atoms with Gasteiger partial charge in [0.1, 0.15) is 0 Å². The predicted octanol–water partition coefficient (Wildman–Crippen LogP) is 2.38. The Morgan fingerprint density at radius 2 is 2.10 bits per heavy atom. The minimum Gasteiger partial charge on any atom is -0.353 e. The summed E-state index contributed by atoms with van der Waals surface area (Å²) in [6, 6.07) is 1.67. The number of nitrogens with one attached hydrogen (secondary N) is 1. The van der Waals surface area contributed by atoms with Crippen molar-refractivity contribution < 1.29 is 13.2 Å². The molecule has 0 spiro atoms. The van der Waals surface area contributed by atoms with E-state index in [0.29, 0.717) is 0 Å². The van der Waals surface area contributed by atoms with Gasteiger partial charge in [0.2, 0.25) is 11.2 Å². The molecule has 6 nitrogen and oxygen atoms in total. The second-order valence-electron chi connectivity index (χ2n) is 3.40. The van der Waals surface area contributed by atoms with Crippen LogP contribution in [-0.4, -0.2) is 42.5 Å². The van der Waals surface area contributed by atoms with E-state index in [9.17, 15) is 13.2 Å². The molecule has 0 unspecified atom stereocenters. The molecule has 0 atom stereocenters. The number of thioether (sulfide) groups is 1. The van der Waals surface area contributed by atoms with Crippen LogP contribution >= 0.6 is 23.4 Å². The molecule has 0 amide bonds. The van der Waals surface area contributed by atoms with Crippen LogP contribution in [0.4, 0.5) is 19.1 Å². The first-order valence-corrected chi connectivity index (χ1v) is 6.66. The number of halogens is 4. The van der Waals surface area contributed by atoms with E-state index < -0.39 is 5.51 Å². The van der Waals surface area contributed by atoms with Crippen molar-refractivity contribution in [2.45, 2.75) is 5.51 Å². The number of anilines is 1. The summed E-state index contributed by atoms with van der Waals surface area (Å²) in [6.45, 7) is 0.0447. The lowest BCUT2D eigenvalue weighted by atomic mass is 10.7. The molecular weight excluding hydrogens is 317 g/mol. The van der Waals surface area contributed by atoms with Gasteiger partial charge >= 0.3 is 5.51 Å². The fourth-order valence-corrected chi connectivity index (χ4v) is 1.83. The maximum atomic E-state index is 12.0. The topological polar surface area (TPSA) is 68.5 Å². The number of rotatable bonds is 5. The number of nitrogens with zero attached hydrogens (tertiary/aromatic N) is 5. The van der Waals surface area contributed by atoms with Crippen molar-refractivity contribution in [3.63, 3.8) is 0 Å². The highest BCUT2D eigenvalue weighted by atomic mass is 35.5. The molecule has 0 saturated heterocycles. The van der Waals surface area contributed by atoms with Crippen molar-refractivity contribution in [1.82, 2.24) is 24.7 Å². The number of hydrogen-bond acceptors (Lipinski definition) is 6. The fraction of sp³-hybridized carbons (Fsp3) is 0.333. The first kappa shape index (κ1) is 14.9. The van der Waals surface area contributed by atoms with E-state index in [-0.39, 0.29) is 41.2 Å².